The molecular formula is C14H19ClN2S. The van der Waals surface area contributed by atoms with E-state index in [2.05, 4.69) is 17.1 Å². The highest BCUT2D eigenvalue weighted by molar-refractivity contribution is 7.80. The Morgan fingerprint density at radius 2 is 2.28 bits per heavy atom. The van der Waals surface area contributed by atoms with Gasteiger partial charge in [0.1, 0.15) is 0 Å². The van der Waals surface area contributed by atoms with Crippen LogP contribution in [0.2, 0.25) is 5.02 Å². The molecular weight excluding hydrogens is 264 g/mol. The van der Waals surface area contributed by atoms with Crippen LogP contribution in [-0.4, -0.2) is 23.1 Å². The molecule has 1 atom stereocenters. The van der Waals surface area contributed by atoms with E-state index in [0.717, 1.165) is 40.4 Å². The Bertz CT molecular complexity index is 447. The zero-order valence-electron chi connectivity index (χ0n) is 10.9. The highest BCUT2D eigenvalue weighted by Gasteiger charge is 2.18. The maximum Gasteiger partial charge on any atom is 0.173 e. The third-order valence-corrected chi connectivity index (χ3v) is 3.97. The van der Waals surface area contributed by atoms with Crippen molar-refractivity contribution in [2.24, 2.45) is 5.92 Å². The number of aryl methyl sites for hydroxylation is 1. The van der Waals surface area contributed by atoms with Gasteiger partial charge in [-0.1, -0.05) is 18.5 Å². The summed E-state index contributed by atoms with van der Waals surface area (Å²) in [6.07, 6.45) is 2.53. The largest absolute Gasteiger partial charge is 0.349 e. The molecule has 0 amide bonds. The van der Waals surface area contributed by atoms with Crippen LogP contribution in [0.25, 0.3) is 0 Å². The third kappa shape index (κ3) is 3.36. The number of thiocarbonyl (C=S) groups is 1. The molecule has 0 bridgehead atoms. The maximum absolute atomic E-state index is 5.95. The van der Waals surface area contributed by atoms with Crippen molar-refractivity contribution >= 4 is 34.6 Å². The van der Waals surface area contributed by atoms with E-state index in [4.69, 9.17) is 23.8 Å². The molecule has 1 aliphatic rings. The first-order valence-corrected chi connectivity index (χ1v) is 7.17. The summed E-state index contributed by atoms with van der Waals surface area (Å²) >= 11 is 11.4. The van der Waals surface area contributed by atoms with Crippen molar-refractivity contribution in [3.05, 3.63) is 28.8 Å². The summed E-state index contributed by atoms with van der Waals surface area (Å²) in [7, 11) is 0. The van der Waals surface area contributed by atoms with E-state index in [1.807, 2.05) is 25.1 Å². The molecule has 1 aliphatic heterocycles. The molecule has 0 spiro atoms. The first-order valence-electron chi connectivity index (χ1n) is 6.38. The molecule has 2 rings (SSSR count). The van der Waals surface area contributed by atoms with Crippen molar-refractivity contribution in [3.8, 4) is 0 Å². The lowest BCUT2D eigenvalue weighted by molar-refractivity contribution is 0.276. The van der Waals surface area contributed by atoms with Gasteiger partial charge in [-0.15, -0.1) is 0 Å². The molecule has 1 aromatic carbocycles. The molecule has 0 saturated carbocycles. The Hall–Kier alpha value is -0.800. The molecule has 0 aromatic heterocycles. The van der Waals surface area contributed by atoms with Crippen LogP contribution in [0.4, 0.5) is 5.69 Å². The van der Waals surface area contributed by atoms with Crippen LogP contribution in [0.3, 0.4) is 0 Å². The summed E-state index contributed by atoms with van der Waals surface area (Å²) in [6.45, 7) is 6.43. The van der Waals surface area contributed by atoms with Crippen molar-refractivity contribution < 1.29 is 0 Å². The fraction of sp³-hybridized carbons (Fsp3) is 0.500. The van der Waals surface area contributed by atoms with Crippen LogP contribution in [0.5, 0.6) is 0 Å². The topological polar surface area (TPSA) is 15.3 Å². The van der Waals surface area contributed by atoms with Gasteiger partial charge in [0, 0.05) is 23.8 Å². The predicted octanol–water partition coefficient (Wildman–Crippen LogP) is 4.08. The lowest BCUT2D eigenvalue weighted by Gasteiger charge is -2.33. The van der Waals surface area contributed by atoms with Gasteiger partial charge >= 0.3 is 0 Å². The molecule has 18 heavy (non-hydrogen) atoms. The monoisotopic (exact) mass is 282 g/mol. The van der Waals surface area contributed by atoms with Gasteiger partial charge in [-0.3, -0.25) is 0 Å². The highest BCUT2D eigenvalue weighted by Crippen LogP contribution is 2.21. The Morgan fingerprint density at radius 3 is 2.94 bits per heavy atom. The summed E-state index contributed by atoms with van der Waals surface area (Å²) in [5.74, 6) is 0.727. The van der Waals surface area contributed by atoms with E-state index in [1.165, 1.54) is 12.8 Å². The van der Waals surface area contributed by atoms with E-state index in [1.54, 1.807) is 0 Å². The van der Waals surface area contributed by atoms with Gasteiger partial charge < -0.3 is 10.2 Å². The quantitative estimate of drug-likeness (QED) is 0.782. The zero-order valence-corrected chi connectivity index (χ0v) is 12.4. The normalized spacial score (nSPS) is 19.7. The molecule has 0 aliphatic carbocycles. The smallest absolute Gasteiger partial charge is 0.173 e. The fourth-order valence-corrected chi connectivity index (χ4v) is 2.84. The Labute approximate surface area is 119 Å². The van der Waals surface area contributed by atoms with Crippen LogP contribution in [-0.2, 0) is 0 Å². The number of rotatable bonds is 1. The van der Waals surface area contributed by atoms with E-state index in [-0.39, 0.29) is 0 Å². The van der Waals surface area contributed by atoms with Gasteiger partial charge in [0.05, 0.1) is 0 Å². The van der Waals surface area contributed by atoms with Gasteiger partial charge in [0.2, 0.25) is 0 Å². The fourth-order valence-electron chi connectivity index (χ4n) is 2.34. The van der Waals surface area contributed by atoms with Gasteiger partial charge in [-0.05, 0) is 61.7 Å². The first-order chi connectivity index (χ1) is 8.56. The Morgan fingerprint density at radius 1 is 1.50 bits per heavy atom. The molecule has 0 radical (unpaired) electrons. The molecule has 2 nitrogen and oxygen atoms in total. The second-order valence-corrected chi connectivity index (χ2v) is 5.91. The van der Waals surface area contributed by atoms with Gasteiger partial charge in [0.25, 0.3) is 0 Å². The molecule has 1 fully saturated rings. The number of benzene rings is 1. The lowest BCUT2D eigenvalue weighted by Crippen LogP contribution is -2.41. The number of nitrogens with zero attached hydrogens (tertiary/aromatic N) is 1. The number of anilines is 1. The van der Waals surface area contributed by atoms with E-state index < -0.39 is 0 Å². The highest BCUT2D eigenvalue weighted by atomic mass is 35.5. The average molecular weight is 283 g/mol. The van der Waals surface area contributed by atoms with Crippen LogP contribution in [0.15, 0.2) is 18.2 Å². The summed E-state index contributed by atoms with van der Waals surface area (Å²) in [5.41, 5.74) is 2.16. The van der Waals surface area contributed by atoms with Crippen molar-refractivity contribution in [1.82, 2.24) is 4.90 Å². The van der Waals surface area contributed by atoms with Crippen LogP contribution < -0.4 is 5.32 Å². The number of nitrogens with one attached hydrogen (secondary N) is 1. The number of piperidine rings is 1. The maximum atomic E-state index is 5.95. The van der Waals surface area contributed by atoms with Gasteiger partial charge in [-0.2, -0.15) is 0 Å². The van der Waals surface area contributed by atoms with Crippen molar-refractivity contribution in [1.29, 1.82) is 0 Å². The second-order valence-electron chi connectivity index (χ2n) is 5.08. The number of likely N-dealkylation sites (tertiary alicyclic amines) is 1. The van der Waals surface area contributed by atoms with Crippen molar-refractivity contribution in [3.63, 3.8) is 0 Å². The molecule has 1 saturated heterocycles. The minimum absolute atomic E-state index is 0.727. The minimum Gasteiger partial charge on any atom is -0.349 e. The standard InChI is InChI=1S/C14H19ClN2S/c1-10-4-3-7-17(9-10)14(18)16-13-6-5-12(15)8-11(13)2/h5-6,8,10H,3-4,7,9H2,1-2H3,(H,16,18). The third-order valence-electron chi connectivity index (χ3n) is 3.37. The number of halogens is 1. The van der Waals surface area contributed by atoms with E-state index in [0.29, 0.717) is 0 Å². The first kappa shape index (κ1) is 13.6. The predicted molar refractivity (Wildman–Crippen MR) is 82.4 cm³/mol. The Kier molecular flexibility index (Phi) is 4.46. The van der Waals surface area contributed by atoms with Gasteiger partial charge in [0.15, 0.2) is 5.11 Å². The van der Waals surface area contributed by atoms with E-state index >= 15 is 0 Å². The van der Waals surface area contributed by atoms with Gasteiger partial charge in [-0.25, -0.2) is 0 Å². The molecule has 98 valence electrons. The molecule has 1 heterocycles. The summed E-state index contributed by atoms with van der Waals surface area (Å²) in [4.78, 5) is 2.26. The number of hydrogen-bond acceptors (Lipinski definition) is 1. The van der Waals surface area contributed by atoms with Crippen LogP contribution in [0, 0.1) is 12.8 Å². The second kappa shape index (κ2) is 5.89. The molecule has 1 N–H and O–H groups in total. The van der Waals surface area contributed by atoms with Crippen LogP contribution in [0.1, 0.15) is 25.3 Å². The molecule has 1 unspecified atom stereocenters. The average Bonchev–Trinajstić information content (AvgIpc) is 2.32. The van der Waals surface area contributed by atoms with E-state index in [9.17, 15) is 0 Å². The Balaban J connectivity index is 2.02. The number of hydrogen-bond donors (Lipinski definition) is 1. The molecule has 1 aromatic rings. The summed E-state index contributed by atoms with van der Waals surface area (Å²) in [5, 5.41) is 4.91. The zero-order chi connectivity index (χ0) is 13.1. The summed E-state index contributed by atoms with van der Waals surface area (Å²) in [6, 6.07) is 5.82. The minimum atomic E-state index is 0.727. The summed E-state index contributed by atoms with van der Waals surface area (Å²) < 4.78 is 0. The SMILES string of the molecule is Cc1cc(Cl)ccc1NC(=S)N1CCCC(C)C1. The molecule has 4 heteroatoms. The van der Waals surface area contributed by atoms with Crippen molar-refractivity contribution in [2.75, 3.05) is 18.4 Å². The van der Waals surface area contributed by atoms with Crippen molar-refractivity contribution in [2.45, 2.75) is 26.7 Å². The lowest BCUT2D eigenvalue weighted by atomic mass is 10.0. The van der Waals surface area contributed by atoms with Crippen LogP contribution >= 0.6 is 23.8 Å².